The summed E-state index contributed by atoms with van der Waals surface area (Å²) in [4.78, 5) is 0. The SMILES string of the molecule is CCC=C(CC)P(c1ccccc1)c1ccccc1. The van der Waals surface area contributed by atoms with Crippen molar-refractivity contribution in [1.29, 1.82) is 0 Å². The molecule has 0 atom stereocenters. The van der Waals surface area contributed by atoms with Crippen molar-refractivity contribution in [3.63, 3.8) is 0 Å². The fourth-order valence-electron chi connectivity index (χ4n) is 2.26. The Bertz CT molecular complexity index is 474. The molecule has 2 aromatic carbocycles. The number of rotatable bonds is 5. The van der Waals surface area contributed by atoms with Crippen molar-refractivity contribution >= 4 is 18.5 Å². The fourth-order valence-corrected chi connectivity index (χ4v) is 4.85. The molecule has 0 saturated carbocycles. The van der Waals surface area contributed by atoms with Gasteiger partial charge in [0.25, 0.3) is 0 Å². The molecule has 0 aliphatic heterocycles. The van der Waals surface area contributed by atoms with Gasteiger partial charge in [-0.3, -0.25) is 0 Å². The molecule has 0 unspecified atom stereocenters. The van der Waals surface area contributed by atoms with Crippen LogP contribution in [0.15, 0.2) is 72.1 Å². The van der Waals surface area contributed by atoms with E-state index in [9.17, 15) is 0 Å². The van der Waals surface area contributed by atoms with Crippen LogP contribution in [0.3, 0.4) is 0 Å². The molecular weight excluding hydrogens is 247 g/mol. The Morgan fingerprint density at radius 3 is 1.68 bits per heavy atom. The monoisotopic (exact) mass is 268 g/mol. The van der Waals surface area contributed by atoms with Gasteiger partial charge in [0.1, 0.15) is 0 Å². The molecule has 19 heavy (non-hydrogen) atoms. The summed E-state index contributed by atoms with van der Waals surface area (Å²) >= 11 is 0. The first-order chi connectivity index (χ1) is 9.36. The Morgan fingerprint density at radius 2 is 1.32 bits per heavy atom. The summed E-state index contributed by atoms with van der Waals surface area (Å²) in [5, 5.41) is 4.48. The summed E-state index contributed by atoms with van der Waals surface area (Å²) in [6.45, 7) is 4.49. The first-order valence-electron chi connectivity index (χ1n) is 6.96. The zero-order valence-electron chi connectivity index (χ0n) is 11.7. The van der Waals surface area contributed by atoms with E-state index in [-0.39, 0.29) is 7.92 Å². The number of allylic oxidation sites excluding steroid dienone is 2. The van der Waals surface area contributed by atoms with Crippen LogP contribution in [0.25, 0.3) is 0 Å². The van der Waals surface area contributed by atoms with Crippen molar-refractivity contribution < 1.29 is 0 Å². The minimum absolute atomic E-state index is 0.359. The van der Waals surface area contributed by atoms with Crippen molar-refractivity contribution in [2.45, 2.75) is 26.7 Å². The quantitative estimate of drug-likeness (QED) is 0.682. The third kappa shape index (κ3) is 3.55. The third-order valence-electron chi connectivity index (χ3n) is 3.12. The van der Waals surface area contributed by atoms with Gasteiger partial charge in [-0.25, -0.2) is 0 Å². The Kier molecular flexibility index (Phi) is 5.36. The zero-order chi connectivity index (χ0) is 13.5. The first kappa shape index (κ1) is 14.0. The molecule has 2 rings (SSSR count). The van der Waals surface area contributed by atoms with Crippen LogP contribution in [0, 0.1) is 0 Å². The van der Waals surface area contributed by atoms with Gasteiger partial charge in [-0.2, -0.15) is 0 Å². The van der Waals surface area contributed by atoms with E-state index >= 15 is 0 Å². The standard InChI is InChI=1S/C18H21P/c1-3-11-16(4-2)19(17-12-7-5-8-13-17)18-14-9-6-10-15-18/h5-15H,3-4H2,1-2H3. The highest BCUT2D eigenvalue weighted by Gasteiger charge is 2.16. The van der Waals surface area contributed by atoms with Crippen molar-refractivity contribution in [3.05, 3.63) is 72.1 Å². The van der Waals surface area contributed by atoms with Gasteiger partial charge in [0.2, 0.25) is 0 Å². The molecule has 0 radical (unpaired) electrons. The molecule has 0 aliphatic carbocycles. The summed E-state index contributed by atoms with van der Waals surface area (Å²) in [5.74, 6) is 0. The zero-order valence-corrected chi connectivity index (χ0v) is 12.6. The predicted molar refractivity (Wildman–Crippen MR) is 87.7 cm³/mol. The minimum atomic E-state index is -0.359. The van der Waals surface area contributed by atoms with Gasteiger partial charge in [0.05, 0.1) is 0 Å². The molecule has 0 aromatic heterocycles. The van der Waals surface area contributed by atoms with Gasteiger partial charge < -0.3 is 0 Å². The second kappa shape index (κ2) is 7.26. The summed E-state index contributed by atoms with van der Waals surface area (Å²) in [5.41, 5.74) is 0. The van der Waals surface area contributed by atoms with Crippen molar-refractivity contribution in [1.82, 2.24) is 0 Å². The lowest BCUT2D eigenvalue weighted by Gasteiger charge is -2.21. The molecule has 0 fully saturated rings. The molecule has 1 heteroatoms. The van der Waals surface area contributed by atoms with Crippen LogP contribution in [0.4, 0.5) is 0 Å². The Balaban J connectivity index is 2.48. The Hall–Kier alpha value is -1.39. The molecule has 0 N–H and O–H groups in total. The molecular formula is C18H21P. The topological polar surface area (TPSA) is 0 Å². The van der Waals surface area contributed by atoms with Crippen molar-refractivity contribution in [3.8, 4) is 0 Å². The van der Waals surface area contributed by atoms with E-state index in [4.69, 9.17) is 0 Å². The first-order valence-corrected chi connectivity index (χ1v) is 8.30. The molecule has 98 valence electrons. The summed E-state index contributed by atoms with van der Waals surface area (Å²) in [7, 11) is -0.359. The van der Waals surface area contributed by atoms with E-state index in [2.05, 4.69) is 80.6 Å². The lowest BCUT2D eigenvalue weighted by molar-refractivity contribution is 1.13. The van der Waals surface area contributed by atoms with Crippen LogP contribution in [0.1, 0.15) is 26.7 Å². The Morgan fingerprint density at radius 1 is 0.842 bits per heavy atom. The highest BCUT2D eigenvalue weighted by atomic mass is 31.1. The van der Waals surface area contributed by atoms with Crippen LogP contribution in [0.2, 0.25) is 0 Å². The van der Waals surface area contributed by atoms with Gasteiger partial charge in [-0.15, -0.1) is 0 Å². The van der Waals surface area contributed by atoms with Crippen LogP contribution in [0.5, 0.6) is 0 Å². The molecule has 2 aromatic rings. The fraction of sp³-hybridized carbons (Fsp3) is 0.222. The van der Waals surface area contributed by atoms with E-state index in [0.717, 1.165) is 12.8 Å². The molecule has 0 aliphatic rings. The van der Waals surface area contributed by atoms with Gasteiger partial charge in [-0.05, 0) is 36.7 Å². The maximum atomic E-state index is 2.41. The summed E-state index contributed by atoms with van der Waals surface area (Å²) in [6.07, 6.45) is 4.65. The molecule has 0 heterocycles. The lowest BCUT2D eigenvalue weighted by atomic mass is 10.3. The molecule has 0 saturated heterocycles. The minimum Gasteiger partial charge on any atom is -0.0805 e. The summed E-state index contributed by atoms with van der Waals surface area (Å²) in [6, 6.07) is 21.8. The van der Waals surface area contributed by atoms with E-state index in [1.165, 1.54) is 10.6 Å². The number of benzene rings is 2. The second-order valence-electron chi connectivity index (χ2n) is 4.46. The second-order valence-corrected chi connectivity index (χ2v) is 6.74. The predicted octanol–water partition coefficient (Wildman–Crippen LogP) is 4.82. The largest absolute Gasteiger partial charge is 0.0805 e. The van der Waals surface area contributed by atoms with Crippen molar-refractivity contribution in [2.75, 3.05) is 0 Å². The van der Waals surface area contributed by atoms with Gasteiger partial charge in [0, 0.05) is 0 Å². The smallest absolute Gasteiger partial charge is 0.0154 e. The molecule has 0 amide bonds. The van der Waals surface area contributed by atoms with Gasteiger partial charge in [0.15, 0.2) is 0 Å². The average Bonchev–Trinajstić information content (AvgIpc) is 2.49. The maximum absolute atomic E-state index is 2.41. The normalized spacial score (nSPS) is 11.8. The van der Waals surface area contributed by atoms with Crippen LogP contribution in [-0.4, -0.2) is 0 Å². The molecule has 0 bridgehead atoms. The van der Waals surface area contributed by atoms with Gasteiger partial charge in [-0.1, -0.05) is 80.6 Å². The summed E-state index contributed by atoms with van der Waals surface area (Å²) < 4.78 is 0. The molecule has 0 spiro atoms. The van der Waals surface area contributed by atoms with Crippen LogP contribution < -0.4 is 10.6 Å². The highest BCUT2D eigenvalue weighted by Crippen LogP contribution is 2.44. The lowest BCUT2D eigenvalue weighted by Crippen LogP contribution is -2.12. The van der Waals surface area contributed by atoms with Gasteiger partial charge >= 0.3 is 0 Å². The van der Waals surface area contributed by atoms with Crippen molar-refractivity contribution in [2.24, 2.45) is 0 Å². The van der Waals surface area contributed by atoms with Crippen LogP contribution >= 0.6 is 7.92 Å². The Labute approximate surface area is 117 Å². The highest BCUT2D eigenvalue weighted by molar-refractivity contribution is 7.76. The van der Waals surface area contributed by atoms with E-state index in [0.29, 0.717) is 0 Å². The van der Waals surface area contributed by atoms with E-state index in [1.54, 1.807) is 5.31 Å². The van der Waals surface area contributed by atoms with E-state index in [1.807, 2.05) is 0 Å². The van der Waals surface area contributed by atoms with E-state index < -0.39 is 0 Å². The average molecular weight is 268 g/mol. The number of hydrogen-bond acceptors (Lipinski definition) is 0. The molecule has 0 nitrogen and oxygen atoms in total. The maximum Gasteiger partial charge on any atom is -0.0154 e. The van der Waals surface area contributed by atoms with Crippen LogP contribution in [-0.2, 0) is 0 Å². The third-order valence-corrected chi connectivity index (χ3v) is 5.82. The number of hydrogen-bond donors (Lipinski definition) is 0.